The molecular weight excluding hydrogens is 368 g/mol. The Hall–Kier alpha value is -3.45. The van der Waals surface area contributed by atoms with E-state index >= 15 is 0 Å². The molecule has 0 aliphatic carbocycles. The van der Waals surface area contributed by atoms with Crippen molar-refractivity contribution in [3.63, 3.8) is 0 Å². The van der Waals surface area contributed by atoms with Gasteiger partial charge in [-0.3, -0.25) is 4.90 Å². The number of rotatable bonds is 7. The van der Waals surface area contributed by atoms with Gasteiger partial charge in [0, 0.05) is 12.1 Å². The summed E-state index contributed by atoms with van der Waals surface area (Å²) in [6, 6.07) is 17.8. The highest BCUT2D eigenvalue weighted by Gasteiger charge is 2.22. The molecule has 0 bridgehead atoms. The van der Waals surface area contributed by atoms with Crippen molar-refractivity contribution in [3.05, 3.63) is 71.8 Å². The molecule has 0 spiro atoms. The van der Waals surface area contributed by atoms with Crippen molar-refractivity contribution in [1.29, 1.82) is 0 Å². The summed E-state index contributed by atoms with van der Waals surface area (Å²) in [5.41, 5.74) is 3.51. The van der Waals surface area contributed by atoms with Gasteiger partial charge in [-0.15, -0.1) is 10.2 Å². The predicted octanol–water partition coefficient (Wildman–Crippen LogP) is 4.34. The van der Waals surface area contributed by atoms with Crippen molar-refractivity contribution in [1.82, 2.24) is 20.3 Å². The predicted molar refractivity (Wildman–Crippen MR) is 108 cm³/mol. The quantitative estimate of drug-likeness (QED) is 0.464. The molecule has 7 heteroatoms. The molecule has 2 heterocycles. The number of ether oxygens (including phenoxy) is 1. The first kappa shape index (κ1) is 18.9. The fourth-order valence-corrected chi connectivity index (χ4v) is 3.20. The van der Waals surface area contributed by atoms with Crippen molar-refractivity contribution in [2.75, 3.05) is 14.2 Å². The van der Waals surface area contributed by atoms with Gasteiger partial charge >= 0.3 is 0 Å². The number of methoxy groups -OCH3 is 1. The topological polar surface area (TPSA) is 77.4 Å². The van der Waals surface area contributed by atoms with Crippen LogP contribution in [0.2, 0.25) is 0 Å². The van der Waals surface area contributed by atoms with Crippen LogP contribution in [0.3, 0.4) is 0 Å². The third-order valence-corrected chi connectivity index (χ3v) is 4.58. The number of nitrogens with zero attached hydrogens (tertiary/aromatic N) is 4. The zero-order valence-corrected chi connectivity index (χ0v) is 16.6. The van der Waals surface area contributed by atoms with Gasteiger partial charge < -0.3 is 13.7 Å². The molecule has 4 rings (SSSR count). The molecule has 0 radical (unpaired) electrons. The lowest BCUT2D eigenvalue weighted by Gasteiger charge is -2.14. The summed E-state index contributed by atoms with van der Waals surface area (Å²) in [7, 11) is 3.67. The van der Waals surface area contributed by atoms with Gasteiger partial charge in [-0.05, 0) is 31.7 Å². The Bertz CT molecular complexity index is 1090. The number of benzene rings is 2. The maximum Gasteiger partial charge on any atom is 0.253 e. The number of hydrogen-bond donors (Lipinski definition) is 0. The third-order valence-electron chi connectivity index (χ3n) is 4.58. The van der Waals surface area contributed by atoms with E-state index in [0.717, 1.165) is 29.0 Å². The van der Waals surface area contributed by atoms with Gasteiger partial charge in [0.1, 0.15) is 22.8 Å². The van der Waals surface area contributed by atoms with Crippen LogP contribution >= 0.6 is 0 Å². The lowest BCUT2D eigenvalue weighted by molar-refractivity contribution is 0.282. The van der Waals surface area contributed by atoms with Crippen LogP contribution in [0, 0.1) is 6.92 Å². The van der Waals surface area contributed by atoms with E-state index in [2.05, 4.69) is 26.3 Å². The monoisotopic (exact) mass is 390 g/mol. The molecule has 148 valence electrons. The van der Waals surface area contributed by atoms with Crippen molar-refractivity contribution < 1.29 is 13.7 Å². The summed E-state index contributed by atoms with van der Waals surface area (Å²) in [5, 5.41) is 12.6. The molecule has 0 saturated heterocycles. The highest BCUT2D eigenvalue weighted by atomic mass is 16.5. The average Bonchev–Trinajstić information content (AvgIpc) is 3.34. The second-order valence-electron chi connectivity index (χ2n) is 6.85. The summed E-state index contributed by atoms with van der Waals surface area (Å²) >= 11 is 0. The van der Waals surface area contributed by atoms with E-state index < -0.39 is 0 Å². The lowest BCUT2D eigenvalue weighted by Crippen LogP contribution is -2.17. The van der Waals surface area contributed by atoms with Gasteiger partial charge in [0.05, 0.1) is 13.7 Å². The summed E-state index contributed by atoms with van der Waals surface area (Å²) in [6.07, 6.45) is 0. The summed E-state index contributed by atoms with van der Waals surface area (Å²) in [4.78, 5) is 2.10. The van der Waals surface area contributed by atoms with Crippen LogP contribution in [0.25, 0.3) is 22.7 Å². The van der Waals surface area contributed by atoms with Crippen molar-refractivity contribution >= 4 is 0 Å². The molecule has 4 aromatic rings. The van der Waals surface area contributed by atoms with Crippen LogP contribution in [0.5, 0.6) is 5.75 Å². The van der Waals surface area contributed by atoms with E-state index in [-0.39, 0.29) is 0 Å². The van der Waals surface area contributed by atoms with Crippen LogP contribution in [-0.4, -0.2) is 34.4 Å². The van der Waals surface area contributed by atoms with Gasteiger partial charge in [0.15, 0.2) is 0 Å². The molecule has 2 aromatic heterocycles. The minimum atomic E-state index is 0.410. The molecule has 0 fully saturated rings. The first-order valence-electron chi connectivity index (χ1n) is 9.30. The van der Waals surface area contributed by atoms with Crippen LogP contribution in [-0.2, 0) is 13.1 Å². The molecule has 2 aromatic carbocycles. The van der Waals surface area contributed by atoms with Crippen molar-refractivity contribution in [2.24, 2.45) is 0 Å². The molecule has 29 heavy (non-hydrogen) atoms. The minimum absolute atomic E-state index is 0.410. The van der Waals surface area contributed by atoms with E-state index in [4.69, 9.17) is 13.7 Å². The highest BCUT2D eigenvalue weighted by molar-refractivity contribution is 5.77. The fraction of sp³-hybridized carbons (Fsp3) is 0.227. The number of aromatic nitrogens is 3. The molecule has 0 N–H and O–H groups in total. The molecular formula is C22H22N4O3. The Morgan fingerprint density at radius 2 is 1.83 bits per heavy atom. The van der Waals surface area contributed by atoms with Crippen LogP contribution in [0.1, 0.15) is 17.2 Å². The summed E-state index contributed by atoms with van der Waals surface area (Å²) in [6.45, 7) is 3.10. The lowest BCUT2D eigenvalue weighted by atomic mass is 10.1. The second kappa shape index (κ2) is 8.28. The minimum Gasteiger partial charge on any atom is -0.497 e. The average molecular weight is 390 g/mol. The van der Waals surface area contributed by atoms with Gasteiger partial charge in [-0.25, -0.2) is 0 Å². The summed E-state index contributed by atoms with van der Waals surface area (Å²) < 4.78 is 16.6. The maximum atomic E-state index is 5.94. The van der Waals surface area contributed by atoms with E-state index in [9.17, 15) is 0 Å². The second-order valence-corrected chi connectivity index (χ2v) is 6.85. The van der Waals surface area contributed by atoms with Gasteiger partial charge in [-0.1, -0.05) is 47.6 Å². The van der Waals surface area contributed by atoms with Gasteiger partial charge in [0.25, 0.3) is 5.89 Å². The molecule has 0 amide bonds. The Labute approximate surface area is 168 Å². The van der Waals surface area contributed by atoms with E-state index in [1.54, 1.807) is 7.11 Å². The first-order chi connectivity index (χ1) is 14.1. The molecule has 0 saturated carbocycles. The molecule has 0 aliphatic heterocycles. The van der Waals surface area contributed by atoms with Gasteiger partial charge in [-0.2, -0.15) is 0 Å². The van der Waals surface area contributed by atoms with E-state index in [0.29, 0.717) is 29.8 Å². The molecule has 0 aliphatic rings. The molecule has 0 unspecified atom stereocenters. The van der Waals surface area contributed by atoms with E-state index in [1.165, 1.54) is 0 Å². The zero-order valence-electron chi connectivity index (χ0n) is 16.6. The largest absolute Gasteiger partial charge is 0.497 e. The van der Waals surface area contributed by atoms with Crippen LogP contribution < -0.4 is 4.74 Å². The number of hydrogen-bond acceptors (Lipinski definition) is 7. The SMILES string of the molecule is COc1cccc(CN(C)Cc2nnc(-c3c(-c4ccccc4)noc3C)o2)c1. The Morgan fingerprint density at radius 1 is 1.00 bits per heavy atom. The van der Waals surface area contributed by atoms with Crippen molar-refractivity contribution in [3.8, 4) is 28.5 Å². The van der Waals surface area contributed by atoms with Crippen LogP contribution in [0.4, 0.5) is 0 Å². The Morgan fingerprint density at radius 3 is 2.62 bits per heavy atom. The van der Waals surface area contributed by atoms with Crippen LogP contribution in [0.15, 0.2) is 63.5 Å². The number of aryl methyl sites for hydroxylation is 1. The normalized spacial score (nSPS) is 11.2. The van der Waals surface area contributed by atoms with Gasteiger partial charge in [0.2, 0.25) is 5.89 Å². The fourth-order valence-electron chi connectivity index (χ4n) is 3.20. The third kappa shape index (κ3) is 4.20. The Balaban J connectivity index is 1.51. The zero-order chi connectivity index (χ0) is 20.2. The van der Waals surface area contributed by atoms with Crippen molar-refractivity contribution in [2.45, 2.75) is 20.0 Å². The van der Waals surface area contributed by atoms with E-state index in [1.807, 2.05) is 62.5 Å². The maximum absolute atomic E-state index is 5.94. The highest BCUT2D eigenvalue weighted by Crippen LogP contribution is 2.33. The first-order valence-corrected chi connectivity index (χ1v) is 9.30. The smallest absolute Gasteiger partial charge is 0.253 e. The summed E-state index contributed by atoms with van der Waals surface area (Å²) in [5.74, 6) is 2.42. The standard InChI is InChI=1S/C22H22N4O3/c1-15-20(21(25-29-15)17-9-5-4-6-10-17)22-24-23-19(28-22)14-26(2)13-16-8-7-11-18(12-16)27-3/h4-12H,13-14H2,1-3H3. The Kier molecular flexibility index (Phi) is 5.39. The molecule has 0 atom stereocenters. The molecule has 7 nitrogen and oxygen atoms in total.